The molecule has 5 heteroatoms. The van der Waals surface area contributed by atoms with Crippen LogP contribution in [0.5, 0.6) is 0 Å². The first-order chi connectivity index (χ1) is 12.3. The van der Waals surface area contributed by atoms with E-state index >= 15 is 0 Å². The molecule has 2 aromatic carbocycles. The van der Waals surface area contributed by atoms with E-state index in [1.165, 1.54) is 0 Å². The van der Waals surface area contributed by atoms with E-state index in [9.17, 15) is 0 Å². The smallest absolute Gasteiger partial charge is 0.211 e. The van der Waals surface area contributed by atoms with E-state index in [0.29, 0.717) is 18.3 Å². The lowest BCUT2D eigenvalue weighted by Crippen LogP contribution is -2.19. The summed E-state index contributed by atoms with van der Waals surface area (Å²) in [5.74, 6) is 1.08. The van der Waals surface area contributed by atoms with Gasteiger partial charge in [0, 0.05) is 24.3 Å². The SMILES string of the molecule is COC[C@@H]1N=C(/C=C2\N=C(N)c3ccccc32)O[C@H]1c1ccccc1. The third kappa shape index (κ3) is 2.94. The highest BCUT2D eigenvalue weighted by Gasteiger charge is 2.32. The Morgan fingerprint density at radius 1 is 1.08 bits per heavy atom. The summed E-state index contributed by atoms with van der Waals surface area (Å²) in [6, 6.07) is 17.9. The van der Waals surface area contributed by atoms with Crippen LogP contribution in [0.2, 0.25) is 0 Å². The minimum Gasteiger partial charge on any atom is -0.467 e. The monoisotopic (exact) mass is 333 g/mol. The van der Waals surface area contributed by atoms with Crippen LogP contribution in [-0.4, -0.2) is 31.5 Å². The van der Waals surface area contributed by atoms with Gasteiger partial charge in [-0.25, -0.2) is 9.98 Å². The Bertz CT molecular complexity index is 872. The summed E-state index contributed by atoms with van der Waals surface area (Å²) in [5.41, 5.74) is 9.81. The number of amidine groups is 1. The summed E-state index contributed by atoms with van der Waals surface area (Å²) in [6.45, 7) is 0.494. The maximum atomic E-state index is 6.11. The van der Waals surface area contributed by atoms with Crippen molar-refractivity contribution in [2.75, 3.05) is 13.7 Å². The lowest BCUT2D eigenvalue weighted by molar-refractivity contribution is 0.120. The largest absolute Gasteiger partial charge is 0.467 e. The Kier molecular flexibility index (Phi) is 4.07. The molecule has 0 radical (unpaired) electrons. The van der Waals surface area contributed by atoms with Crippen LogP contribution in [-0.2, 0) is 9.47 Å². The Hall–Kier alpha value is -2.92. The fourth-order valence-corrected chi connectivity index (χ4v) is 3.18. The first kappa shape index (κ1) is 15.6. The van der Waals surface area contributed by atoms with E-state index < -0.39 is 0 Å². The number of aliphatic imine (C=N–C) groups is 2. The van der Waals surface area contributed by atoms with Crippen LogP contribution in [0.1, 0.15) is 22.8 Å². The molecule has 5 nitrogen and oxygen atoms in total. The molecule has 2 atom stereocenters. The van der Waals surface area contributed by atoms with Gasteiger partial charge in [0.2, 0.25) is 5.90 Å². The molecule has 0 spiro atoms. The van der Waals surface area contributed by atoms with Gasteiger partial charge in [-0.05, 0) is 5.56 Å². The van der Waals surface area contributed by atoms with E-state index in [1.54, 1.807) is 7.11 Å². The van der Waals surface area contributed by atoms with Crippen molar-refractivity contribution >= 4 is 17.4 Å². The predicted octanol–water partition coefficient (Wildman–Crippen LogP) is 2.93. The molecule has 2 aliphatic heterocycles. The molecule has 0 aliphatic carbocycles. The van der Waals surface area contributed by atoms with Crippen molar-refractivity contribution in [3.63, 3.8) is 0 Å². The molecule has 2 aromatic rings. The molecule has 0 aromatic heterocycles. The molecule has 0 saturated heterocycles. The summed E-state index contributed by atoms with van der Waals surface area (Å²) in [4.78, 5) is 9.13. The quantitative estimate of drug-likeness (QED) is 0.935. The van der Waals surface area contributed by atoms with Crippen molar-refractivity contribution in [2.45, 2.75) is 12.1 Å². The number of hydrogen-bond donors (Lipinski definition) is 1. The van der Waals surface area contributed by atoms with Crippen molar-refractivity contribution in [1.29, 1.82) is 0 Å². The second-order valence-electron chi connectivity index (χ2n) is 6.01. The van der Waals surface area contributed by atoms with Gasteiger partial charge < -0.3 is 15.2 Å². The van der Waals surface area contributed by atoms with Crippen LogP contribution in [0.25, 0.3) is 5.70 Å². The van der Waals surface area contributed by atoms with Gasteiger partial charge >= 0.3 is 0 Å². The van der Waals surface area contributed by atoms with Crippen molar-refractivity contribution in [3.05, 3.63) is 77.4 Å². The highest BCUT2D eigenvalue weighted by Crippen LogP contribution is 2.32. The minimum atomic E-state index is -0.161. The fraction of sp³-hybridized carbons (Fsp3) is 0.200. The zero-order valence-electron chi connectivity index (χ0n) is 13.9. The summed E-state index contributed by atoms with van der Waals surface area (Å²) in [7, 11) is 1.67. The molecule has 2 aliphatic rings. The van der Waals surface area contributed by atoms with Crippen LogP contribution in [0.15, 0.2) is 70.7 Å². The standard InChI is InChI=1S/C20H19N3O2/c1-24-12-17-19(13-7-3-2-4-8-13)25-18(22-17)11-16-14-9-5-6-10-15(14)20(21)23-16/h2-11,17,19H,12H2,1H3,(H2,21,23)/b16-11-/t17-,19-/m0/s1. The topological polar surface area (TPSA) is 69.2 Å². The van der Waals surface area contributed by atoms with Crippen LogP contribution in [0, 0.1) is 0 Å². The van der Waals surface area contributed by atoms with E-state index in [-0.39, 0.29) is 12.1 Å². The minimum absolute atomic E-state index is 0.0859. The Morgan fingerprint density at radius 2 is 1.80 bits per heavy atom. The van der Waals surface area contributed by atoms with Crippen molar-refractivity contribution < 1.29 is 9.47 Å². The van der Waals surface area contributed by atoms with Crippen LogP contribution >= 0.6 is 0 Å². The lowest BCUT2D eigenvalue weighted by Gasteiger charge is -2.17. The number of hydrogen-bond acceptors (Lipinski definition) is 5. The van der Waals surface area contributed by atoms with Crippen LogP contribution in [0.3, 0.4) is 0 Å². The van der Waals surface area contributed by atoms with E-state index in [1.807, 2.05) is 60.7 Å². The molecule has 0 unspecified atom stereocenters. The maximum absolute atomic E-state index is 6.11. The van der Waals surface area contributed by atoms with Gasteiger partial charge in [-0.3, -0.25) is 0 Å². The van der Waals surface area contributed by atoms with Crippen LogP contribution in [0.4, 0.5) is 0 Å². The van der Waals surface area contributed by atoms with Crippen molar-refractivity contribution in [3.8, 4) is 0 Å². The number of nitrogens with zero attached hydrogens (tertiary/aromatic N) is 2. The fourth-order valence-electron chi connectivity index (χ4n) is 3.18. The van der Waals surface area contributed by atoms with E-state index in [2.05, 4.69) is 9.98 Å². The first-order valence-electron chi connectivity index (χ1n) is 8.20. The number of fused-ring (bicyclic) bond motifs is 1. The summed E-state index contributed by atoms with van der Waals surface area (Å²) in [5, 5.41) is 0. The van der Waals surface area contributed by atoms with Gasteiger partial charge in [-0.2, -0.15) is 0 Å². The molecule has 126 valence electrons. The van der Waals surface area contributed by atoms with Gasteiger partial charge in [0.05, 0.1) is 12.3 Å². The zero-order chi connectivity index (χ0) is 17.2. The molecule has 2 N–H and O–H groups in total. The Morgan fingerprint density at radius 3 is 2.56 bits per heavy atom. The first-order valence-corrected chi connectivity index (χ1v) is 8.20. The van der Waals surface area contributed by atoms with Crippen LogP contribution < -0.4 is 5.73 Å². The highest BCUT2D eigenvalue weighted by atomic mass is 16.5. The number of rotatable bonds is 4. The summed E-state index contributed by atoms with van der Waals surface area (Å²) >= 11 is 0. The van der Waals surface area contributed by atoms with E-state index in [4.69, 9.17) is 15.2 Å². The normalized spacial score (nSPS) is 23.2. The highest BCUT2D eigenvalue weighted by molar-refractivity contribution is 6.11. The molecule has 0 saturated carbocycles. The molecule has 25 heavy (non-hydrogen) atoms. The van der Waals surface area contributed by atoms with Gasteiger partial charge in [0.15, 0.2) is 6.10 Å². The number of nitrogens with two attached hydrogens (primary N) is 1. The second kappa shape index (κ2) is 6.53. The number of benzene rings is 2. The second-order valence-corrected chi connectivity index (χ2v) is 6.01. The maximum Gasteiger partial charge on any atom is 0.211 e. The molecule has 2 heterocycles. The molecule has 0 amide bonds. The number of ether oxygens (including phenoxy) is 2. The van der Waals surface area contributed by atoms with Crippen molar-refractivity contribution in [1.82, 2.24) is 0 Å². The lowest BCUT2D eigenvalue weighted by atomic mass is 10.0. The van der Waals surface area contributed by atoms with Gasteiger partial charge in [0.25, 0.3) is 0 Å². The average Bonchev–Trinajstić information content (AvgIpc) is 3.18. The molecule has 4 rings (SSSR count). The molecular weight excluding hydrogens is 314 g/mol. The number of methoxy groups -OCH3 is 1. The third-order valence-electron chi connectivity index (χ3n) is 4.34. The molecule has 0 bridgehead atoms. The summed E-state index contributed by atoms with van der Waals surface area (Å²) < 4.78 is 11.4. The zero-order valence-corrected chi connectivity index (χ0v) is 13.9. The molecule has 0 fully saturated rings. The third-order valence-corrected chi connectivity index (χ3v) is 4.34. The van der Waals surface area contributed by atoms with Gasteiger partial charge in [-0.15, -0.1) is 0 Å². The predicted molar refractivity (Wildman–Crippen MR) is 98.5 cm³/mol. The molecular formula is C20H19N3O2. The average molecular weight is 333 g/mol. The van der Waals surface area contributed by atoms with Gasteiger partial charge in [0.1, 0.15) is 11.9 Å². The van der Waals surface area contributed by atoms with Gasteiger partial charge in [-0.1, -0.05) is 54.6 Å². The Labute approximate surface area is 146 Å². The van der Waals surface area contributed by atoms with Crippen molar-refractivity contribution in [2.24, 2.45) is 15.7 Å². The summed E-state index contributed by atoms with van der Waals surface area (Å²) in [6.07, 6.45) is 1.69. The Balaban J connectivity index is 1.65. The van der Waals surface area contributed by atoms with E-state index in [0.717, 1.165) is 22.4 Å².